The topological polar surface area (TPSA) is 106 Å². The van der Waals surface area contributed by atoms with Crippen LogP contribution in [0.25, 0.3) is 0 Å². The van der Waals surface area contributed by atoms with Crippen LogP contribution < -0.4 is 10.1 Å². The molecule has 9 heteroatoms. The Kier molecular flexibility index (Phi) is 6.07. The average Bonchev–Trinajstić information content (AvgIpc) is 3.44. The summed E-state index contributed by atoms with van der Waals surface area (Å²) in [6.45, 7) is 7.60. The molecule has 0 spiro atoms. The molecule has 2 aromatic carbocycles. The van der Waals surface area contributed by atoms with Gasteiger partial charge >= 0.3 is 0 Å². The number of hydrogen-bond donors (Lipinski definition) is 1. The smallest absolute Gasteiger partial charge is 0.255 e. The molecule has 1 fully saturated rings. The minimum atomic E-state index is -0.646. The predicted octanol–water partition coefficient (Wildman–Crippen LogP) is 2.96. The maximum absolute atomic E-state index is 13.0. The Morgan fingerprint density at radius 3 is 2.50 bits per heavy atom. The molecule has 1 atom stereocenters. The van der Waals surface area contributed by atoms with Crippen LogP contribution in [0.5, 0.6) is 5.75 Å². The summed E-state index contributed by atoms with van der Waals surface area (Å²) < 4.78 is 7.94. The van der Waals surface area contributed by atoms with Crippen molar-refractivity contribution in [1.29, 1.82) is 0 Å². The van der Waals surface area contributed by atoms with E-state index >= 15 is 0 Å². The summed E-state index contributed by atoms with van der Waals surface area (Å²) in [7, 11) is 0. The lowest BCUT2D eigenvalue weighted by Crippen LogP contribution is -2.52. The second-order valence-electron chi connectivity index (χ2n) is 10.3. The van der Waals surface area contributed by atoms with E-state index in [1.54, 1.807) is 12.1 Å². The molecular formula is C27H29N5O4. The summed E-state index contributed by atoms with van der Waals surface area (Å²) in [5.41, 5.74) is 4.32. The van der Waals surface area contributed by atoms with Crippen LogP contribution in [0.15, 0.2) is 48.7 Å². The van der Waals surface area contributed by atoms with E-state index in [-0.39, 0.29) is 30.2 Å². The number of rotatable bonds is 6. The third kappa shape index (κ3) is 4.73. The number of benzene rings is 2. The highest BCUT2D eigenvalue weighted by Gasteiger charge is 2.40. The number of fused-ring (bicyclic) bond motifs is 1. The van der Waals surface area contributed by atoms with Crippen LogP contribution in [0.1, 0.15) is 66.4 Å². The van der Waals surface area contributed by atoms with Gasteiger partial charge in [-0.05, 0) is 29.7 Å². The van der Waals surface area contributed by atoms with Gasteiger partial charge in [0.05, 0.1) is 18.8 Å². The molecule has 1 aromatic heterocycles. The molecule has 0 bridgehead atoms. The van der Waals surface area contributed by atoms with E-state index in [2.05, 4.69) is 36.4 Å². The molecule has 3 heterocycles. The van der Waals surface area contributed by atoms with Crippen molar-refractivity contribution in [3.8, 4) is 5.75 Å². The Morgan fingerprint density at radius 1 is 1.06 bits per heavy atom. The van der Waals surface area contributed by atoms with Crippen molar-refractivity contribution in [3.63, 3.8) is 0 Å². The number of aromatic nitrogens is 3. The number of nitrogens with one attached hydrogen (secondary N) is 1. The molecule has 0 radical (unpaired) electrons. The Balaban J connectivity index is 1.23. The molecule has 36 heavy (non-hydrogen) atoms. The first-order valence-electron chi connectivity index (χ1n) is 12.1. The van der Waals surface area contributed by atoms with Gasteiger partial charge in [-0.3, -0.25) is 19.7 Å². The Morgan fingerprint density at radius 2 is 1.81 bits per heavy atom. The number of nitrogens with zero attached hydrogens (tertiary/aromatic N) is 4. The van der Waals surface area contributed by atoms with E-state index in [0.717, 1.165) is 22.4 Å². The fourth-order valence-corrected chi connectivity index (χ4v) is 4.50. The zero-order valence-electron chi connectivity index (χ0n) is 20.7. The lowest BCUT2D eigenvalue weighted by molar-refractivity contribution is -0.136. The van der Waals surface area contributed by atoms with Crippen molar-refractivity contribution in [2.45, 2.75) is 64.8 Å². The third-order valence-electron chi connectivity index (χ3n) is 6.61. The number of carbonyl (C=O) groups excluding carboxylic acids is 3. The van der Waals surface area contributed by atoms with Gasteiger partial charge in [0.15, 0.2) is 0 Å². The van der Waals surface area contributed by atoms with Crippen molar-refractivity contribution in [2.75, 3.05) is 0 Å². The zero-order chi connectivity index (χ0) is 25.4. The van der Waals surface area contributed by atoms with Crippen LogP contribution in [0.4, 0.5) is 0 Å². The van der Waals surface area contributed by atoms with E-state index < -0.39 is 11.9 Å². The van der Waals surface area contributed by atoms with E-state index in [4.69, 9.17) is 4.74 Å². The fourth-order valence-electron chi connectivity index (χ4n) is 4.50. The number of piperidine rings is 1. The Labute approximate surface area is 209 Å². The van der Waals surface area contributed by atoms with Crippen LogP contribution in [-0.4, -0.2) is 43.7 Å². The zero-order valence-corrected chi connectivity index (χ0v) is 20.7. The molecule has 2 aliphatic rings. The number of amides is 3. The van der Waals surface area contributed by atoms with Crippen LogP contribution in [0.2, 0.25) is 0 Å². The summed E-state index contributed by atoms with van der Waals surface area (Å²) in [6, 6.07) is 12.8. The van der Waals surface area contributed by atoms with Crippen LogP contribution >= 0.6 is 0 Å². The fraction of sp³-hybridized carbons (Fsp3) is 0.370. The van der Waals surface area contributed by atoms with Crippen LogP contribution in [-0.2, 0) is 34.7 Å². The maximum atomic E-state index is 13.0. The first-order chi connectivity index (χ1) is 17.2. The summed E-state index contributed by atoms with van der Waals surface area (Å²) in [5, 5.41) is 10.8. The molecule has 1 saturated heterocycles. The van der Waals surface area contributed by atoms with Gasteiger partial charge in [0.25, 0.3) is 5.91 Å². The van der Waals surface area contributed by atoms with Gasteiger partial charge in [-0.15, -0.1) is 5.10 Å². The second-order valence-corrected chi connectivity index (χ2v) is 10.3. The SMILES string of the molecule is CC(C)(C)c1cn(Cc2ccc(COc3cccc4c3CN(C3CCC(=O)NC3=O)C4=O)cc2)nn1. The van der Waals surface area contributed by atoms with Crippen molar-refractivity contribution in [2.24, 2.45) is 0 Å². The van der Waals surface area contributed by atoms with Gasteiger partial charge in [0, 0.05) is 29.2 Å². The van der Waals surface area contributed by atoms with E-state index in [0.29, 0.717) is 30.9 Å². The molecule has 186 valence electrons. The van der Waals surface area contributed by atoms with Crippen molar-refractivity contribution in [3.05, 3.63) is 76.6 Å². The molecule has 2 aliphatic heterocycles. The lowest BCUT2D eigenvalue weighted by Gasteiger charge is -2.29. The molecule has 5 rings (SSSR count). The second kappa shape index (κ2) is 9.22. The van der Waals surface area contributed by atoms with E-state index in [9.17, 15) is 14.4 Å². The highest BCUT2D eigenvalue weighted by atomic mass is 16.5. The van der Waals surface area contributed by atoms with Crippen molar-refractivity contribution < 1.29 is 19.1 Å². The number of hydrogen-bond acceptors (Lipinski definition) is 6. The molecule has 1 unspecified atom stereocenters. The largest absolute Gasteiger partial charge is 0.489 e. The van der Waals surface area contributed by atoms with Gasteiger partial charge in [0.1, 0.15) is 18.4 Å². The number of ether oxygens (including phenoxy) is 1. The maximum Gasteiger partial charge on any atom is 0.255 e. The highest BCUT2D eigenvalue weighted by molar-refractivity contribution is 6.05. The molecule has 9 nitrogen and oxygen atoms in total. The minimum absolute atomic E-state index is 0.0411. The Bertz CT molecular complexity index is 1320. The number of imide groups is 1. The third-order valence-corrected chi connectivity index (χ3v) is 6.61. The van der Waals surface area contributed by atoms with Crippen LogP contribution in [0, 0.1) is 0 Å². The first-order valence-corrected chi connectivity index (χ1v) is 12.1. The first kappa shape index (κ1) is 23.7. The van der Waals surface area contributed by atoms with Crippen molar-refractivity contribution in [1.82, 2.24) is 25.2 Å². The average molecular weight is 488 g/mol. The van der Waals surface area contributed by atoms with Gasteiger partial charge in [-0.1, -0.05) is 56.3 Å². The molecule has 1 N–H and O–H groups in total. The molecular weight excluding hydrogens is 458 g/mol. The summed E-state index contributed by atoms with van der Waals surface area (Å²) >= 11 is 0. The quantitative estimate of drug-likeness (QED) is 0.536. The van der Waals surface area contributed by atoms with Gasteiger partial charge in [0.2, 0.25) is 11.8 Å². The van der Waals surface area contributed by atoms with Crippen LogP contribution in [0.3, 0.4) is 0 Å². The highest BCUT2D eigenvalue weighted by Crippen LogP contribution is 2.34. The predicted molar refractivity (Wildman–Crippen MR) is 131 cm³/mol. The van der Waals surface area contributed by atoms with E-state index in [1.165, 1.54) is 4.90 Å². The van der Waals surface area contributed by atoms with Crippen molar-refractivity contribution >= 4 is 17.7 Å². The summed E-state index contributed by atoms with van der Waals surface area (Å²) in [5.74, 6) is -0.309. The molecule has 3 aromatic rings. The minimum Gasteiger partial charge on any atom is -0.489 e. The lowest BCUT2D eigenvalue weighted by atomic mass is 9.93. The van der Waals surface area contributed by atoms with Gasteiger partial charge < -0.3 is 9.64 Å². The Hall–Kier alpha value is -4.01. The molecule has 3 amide bonds. The molecule has 0 aliphatic carbocycles. The summed E-state index contributed by atoms with van der Waals surface area (Å²) in [6.07, 6.45) is 2.54. The molecule has 0 saturated carbocycles. The standard InChI is InChI=1S/C27H29N5O4/c1-27(2,3)23-15-31(30-29-23)13-17-7-9-18(10-8-17)16-36-22-6-4-5-19-20(22)14-32(26(19)35)21-11-12-24(33)28-25(21)34/h4-10,15,21H,11-14,16H2,1-3H3,(H,28,33,34). The normalized spacial score (nSPS) is 17.8. The number of carbonyl (C=O) groups is 3. The van der Waals surface area contributed by atoms with E-state index in [1.807, 2.05) is 41.2 Å². The van der Waals surface area contributed by atoms with Gasteiger partial charge in [-0.2, -0.15) is 0 Å². The summed E-state index contributed by atoms with van der Waals surface area (Å²) in [4.78, 5) is 38.3. The van der Waals surface area contributed by atoms with Gasteiger partial charge in [-0.25, -0.2) is 4.68 Å². The monoisotopic (exact) mass is 487 g/mol.